The van der Waals surface area contributed by atoms with Gasteiger partial charge in [-0.3, -0.25) is 4.99 Å². The van der Waals surface area contributed by atoms with E-state index in [1.165, 1.54) is 22.2 Å². The lowest BCUT2D eigenvalue weighted by atomic mass is 9.95. The molecule has 0 amide bonds. The highest BCUT2D eigenvalue weighted by Gasteiger charge is 2.40. The van der Waals surface area contributed by atoms with Gasteiger partial charge in [-0.05, 0) is 35.4 Å². The Bertz CT molecular complexity index is 363. The molecule has 1 atom stereocenters. The Morgan fingerprint density at radius 1 is 1.41 bits per heavy atom. The Balaban J connectivity index is 1.84. The van der Waals surface area contributed by atoms with E-state index in [2.05, 4.69) is 44.4 Å². The molecule has 4 nitrogen and oxygen atoms in total. The zero-order valence-electron chi connectivity index (χ0n) is 10.1. The lowest BCUT2D eigenvalue weighted by Gasteiger charge is -2.40. The summed E-state index contributed by atoms with van der Waals surface area (Å²) >= 11 is 2.45. The van der Waals surface area contributed by atoms with Crippen LogP contribution in [-0.2, 0) is 4.74 Å². The molecule has 0 aromatic rings. The van der Waals surface area contributed by atoms with Gasteiger partial charge in [0.2, 0.25) is 0 Å². The molecule has 0 aromatic heterocycles. The fraction of sp³-hybridized carbons (Fsp3) is 0.750. The third-order valence-electron chi connectivity index (χ3n) is 3.92. The van der Waals surface area contributed by atoms with Gasteiger partial charge >= 0.3 is 0 Å². The molecule has 3 heterocycles. The van der Waals surface area contributed by atoms with Crippen molar-refractivity contribution in [3.05, 3.63) is 9.40 Å². The van der Waals surface area contributed by atoms with Crippen molar-refractivity contribution >= 4 is 28.8 Å². The van der Waals surface area contributed by atoms with Crippen LogP contribution < -0.4 is 0 Å². The van der Waals surface area contributed by atoms with Crippen molar-refractivity contribution in [3.63, 3.8) is 0 Å². The van der Waals surface area contributed by atoms with Crippen molar-refractivity contribution in [2.45, 2.75) is 19.0 Å². The number of nitrogens with zero attached hydrogens (tertiary/aromatic N) is 3. The van der Waals surface area contributed by atoms with Gasteiger partial charge in [0.15, 0.2) is 0 Å². The SMILES string of the molecule is CN1C(I)=C2C=NCCN2C1C1CCOCC1. The number of fused-ring (bicyclic) bond motifs is 1. The molecule has 17 heavy (non-hydrogen) atoms. The molecule has 1 unspecified atom stereocenters. The third-order valence-corrected chi connectivity index (χ3v) is 5.23. The minimum atomic E-state index is 0.521. The third kappa shape index (κ3) is 1.97. The summed E-state index contributed by atoms with van der Waals surface area (Å²) < 4.78 is 6.81. The molecular formula is C12H18IN3O. The Labute approximate surface area is 116 Å². The smallest absolute Gasteiger partial charge is 0.105 e. The summed E-state index contributed by atoms with van der Waals surface area (Å²) in [7, 11) is 2.21. The fourth-order valence-corrected chi connectivity index (χ4v) is 3.78. The van der Waals surface area contributed by atoms with E-state index in [1.54, 1.807) is 0 Å². The number of hydrogen-bond acceptors (Lipinski definition) is 4. The first kappa shape index (κ1) is 11.8. The van der Waals surface area contributed by atoms with Crippen molar-refractivity contribution in [1.29, 1.82) is 0 Å². The average Bonchev–Trinajstić information content (AvgIpc) is 2.64. The highest BCUT2D eigenvalue weighted by molar-refractivity contribution is 14.1. The van der Waals surface area contributed by atoms with Crippen molar-refractivity contribution in [2.24, 2.45) is 10.9 Å². The molecule has 0 saturated carbocycles. The predicted molar refractivity (Wildman–Crippen MR) is 76.2 cm³/mol. The number of rotatable bonds is 1. The second-order valence-electron chi connectivity index (χ2n) is 4.88. The quantitative estimate of drug-likeness (QED) is 0.534. The first-order chi connectivity index (χ1) is 8.29. The molecule has 0 bridgehead atoms. The number of halogens is 1. The molecule has 0 aliphatic carbocycles. The minimum Gasteiger partial charge on any atom is -0.381 e. The fourth-order valence-electron chi connectivity index (χ4n) is 3.05. The summed E-state index contributed by atoms with van der Waals surface area (Å²) in [4.78, 5) is 9.36. The maximum atomic E-state index is 5.48. The van der Waals surface area contributed by atoms with E-state index in [4.69, 9.17) is 4.74 Å². The highest BCUT2D eigenvalue weighted by atomic mass is 127. The normalized spacial score (nSPS) is 30.1. The highest BCUT2D eigenvalue weighted by Crippen LogP contribution is 2.38. The first-order valence-corrected chi connectivity index (χ1v) is 7.34. The van der Waals surface area contributed by atoms with E-state index in [1.807, 2.05) is 6.21 Å². The zero-order chi connectivity index (χ0) is 11.8. The van der Waals surface area contributed by atoms with Crippen LogP contribution in [0.15, 0.2) is 14.4 Å². The van der Waals surface area contributed by atoms with Gasteiger partial charge in [0.25, 0.3) is 0 Å². The van der Waals surface area contributed by atoms with E-state index >= 15 is 0 Å². The molecule has 0 aromatic carbocycles. The van der Waals surface area contributed by atoms with Gasteiger partial charge in [-0.15, -0.1) is 0 Å². The molecule has 0 spiro atoms. The Hall–Kier alpha value is -0.300. The van der Waals surface area contributed by atoms with Gasteiger partial charge in [0.1, 0.15) is 9.87 Å². The van der Waals surface area contributed by atoms with E-state index in [0.29, 0.717) is 6.17 Å². The average molecular weight is 347 g/mol. The molecule has 3 rings (SSSR count). The van der Waals surface area contributed by atoms with Gasteiger partial charge in [0.05, 0.1) is 12.2 Å². The monoisotopic (exact) mass is 347 g/mol. The van der Waals surface area contributed by atoms with Gasteiger partial charge < -0.3 is 14.5 Å². The van der Waals surface area contributed by atoms with E-state index in [0.717, 1.165) is 32.2 Å². The number of aliphatic imine (C=N–C) groups is 1. The molecule has 0 N–H and O–H groups in total. The largest absolute Gasteiger partial charge is 0.381 e. The van der Waals surface area contributed by atoms with Crippen molar-refractivity contribution in [1.82, 2.24) is 9.80 Å². The van der Waals surface area contributed by atoms with E-state index in [-0.39, 0.29) is 0 Å². The lowest BCUT2D eigenvalue weighted by Crippen LogP contribution is -2.47. The molecular weight excluding hydrogens is 329 g/mol. The summed E-state index contributed by atoms with van der Waals surface area (Å²) in [6, 6.07) is 0. The standard InChI is InChI=1S/C12H18IN3O/c1-15-11(13)10-8-14-4-5-16(10)12(15)9-2-6-17-7-3-9/h8-9,12H,2-7H2,1H3. The molecule has 1 saturated heterocycles. The van der Waals surface area contributed by atoms with Crippen LogP contribution in [0.2, 0.25) is 0 Å². The maximum Gasteiger partial charge on any atom is 0.105 e. The molecule has 94 valence electrons. The van der Waals surface area contributed by atoms with Crippen molar-refractivity contribution in [3.8, 4) is 0 Å². The van der Waals surface area contributed by atoms with Crippen LogP contribution in [-0.4, -0.2) is 55.5 Å². The van der Waals surface area contributed by atoms with Crippen LogP contribution in [0.1, 0.15) is 12.8 Å². The zero-order valence-corrected chi connectivity index (χ0v) is 12.3. The Kier molecular flexibility index (Phi) is 3.30. The van der Waals surface area contributed by atoms with Crippen molar-refractivity contribution in [2.75, 3.05) is 33.4 Å². The van der Waals surface area contributed by atoms with Crippen LogP contribution in [0.25, 0.3) is 0 Å². The second-order valence-corrected chi connectivity index (χ2v) is 5.90. The van der Waals surface area contributed by atoms with Gasteiger partial charge in [-0.2, -0.15) is 0 Å². The topological polar surface area (TPSA) is 28.1 Å². The van der Waals surface area contributed by atoms with Gasteiger partial charge in [-0.25, -0.2) is 0 Å². The van der Waals surface area contributed by atoms with Crippen LogP contribution in [0, 0.1) is 5.92 Å². The minimum absolute atomic E-state index is 0.521. The van der Waals surface area contributed by atoms with Crippen molar-refractivity contribution < 1.29 is 4.74 Å². The molecule has 3 aliphatic heterocycles. The van der Waals surface area contributed by atoms with Crippen LogP contribution in [0.3, 0.4) is 0 Å². The van der Waals surface area contributed by atoms with E-state index < -0.39 is 0 Å². The number of allylic oxidation sites excluding steroid dienone is 1. The Morgan fingerprint density at radius 2 is 2.18 bits per heavy atom. The summed E-state index contributed by atoms with van der Waals surface area (Å²) in [5.74, 6) is 0.725. The lowest BCUT2D eigenvalue weighted by molar-refractivity contribution is 0.00842. The molecule has 0 radical (unpaired) electrons. The summed E-state index contributed by atoms with van der Waals surface area (Å²) in [6.07, 6.45) is 4.92. The van der Waals surface area contributed by atoms with Crippen LogP contribution in [0.4, 0.5) is 0 Å². The van der Waals surface area contributed by atoms with Gasteiger partial charge in [0, 0.05) is 38.9 Å². The molecule has 5 heteroatoms. The summed E-state index contributed by atoms with van der Waals surface area (Å²) in [5, 5.41) is 0. The predicted octanol–water partition coefficient (Wildman–Crippen LogP) is 1.68. The van der Waals surface area contributed by atoms with Crippen LogP contribution >= 0.6 is 22.6 Å². The maximum absolute atomic E-state index is 5.48. The molecule has 1 fully saturated rings. The second kappa shape index (κ2) is 4.76. The summed E-state index contributed by atoms with van der Waals surface area (Å²) in [6.45, 7) is 3.83. The van der Waals surface area contributed by atoms with Gasteiger partial charge in [-0.1, -0.05) is 0 Å². The summed E-state index contributed by atoms with van der Waals surface area (Å²) in [5.41, 5.74) is 1.32. The number of hydrogen-bond donors (Lipinski definition) is 0. The first-order valence-electron chi connectivity index (χ1n) is 6.26. The molecule has 3 aliphatic rings. The van der Waals surface area contributed by atoms with E-state index in [9.17, 15) is 0 Å². The number of ether oxygens (including phenoxy) is 1. The Morgan fingerprint density at radius 3 is 2.94 bits per heavy atom. The van der Waals surface area contributed by atoms with Crippen LogP contribution in [0.5, 0.6) is 0 Å².